The number of rotatable bonds is 3. The topological polar surface area (TPSA) is 50.4 Å². The zero-order chi connectivity index (χ0) is 14.5. The average molecular weight is 310 g/mol. The summed E-state index contributed by atoms with van der Waals surface area (Å²) in [5.41, 5.74) is 0.0367. The highest BCUT2D eigenvalue weighted by atomic mass is 32.2. The number of amides is 2. The van der Waals surface area contributed by atoms with Crippen molar-refractivity contribution < 1.29 is 9.53 Å². The second kappa shape index (κ2) is 7.05. The van der Waals surface area contributed by atoms with Crippen LogP contribution in [-0.4, -0.2) is 42.3 Å². The molecule has 0 unspecified atom stereocenters. The largest absolute Gasteiger partial charge is 0.374 e. The molecular formula is C16H26N2O2S. The van der Waals surface area contributed by atoms with Crippen molar-refractivity contribution in [1.29, 1.82) is 0 Å². The number of hydrogen-bond acceptors (Lipinski definition) is 3. The summed E-state index contributed by atoms with van der Waals surface area (Å²) in [4.78, 5) is 12.1. The highest BCUT2D eigenvalue weighted by Crippen LogP contribution is 2.38. The van der Waals surface area contributed by atoms with Gasteiger partial charge in [0.1, 0.15) is 0 Å². The number of carbonyl (C=O) groups is 1. The molecule has 0 aromatic rings. The number of hydrogen-bond donors (Lipinski definition) is 2. The van der Waals surface area contributed by atoms with E-state index in [1.807, 2.05) is 11.8 Å². The molecular weight excluding hydrogens is 284 g/mol. The molecule has 1 spiro atoms. The Labute approximate surface area is 131 Å². The van der Waals surface area contributed by atoms with Gasteiger partial charge in [0.05, 0.1) is 5.60 Å². The van der Waals surface area contributed by atoms with Crippen molar-refractivity contribution in [2.45, 2.75) is 50.2 Å². The first-order chi connectivity index (χ1) is 10.3. The van der Waals surface area contributed by atoms with Crippen molar-refractivity contribution in [3.05, 3.63) is 12.2 Å². The molecule has 5 heteroatoms. The fourth-order valence-electron chi connectivity index (χ4n) is 3.53. The van der Waals surface area contributed by atoms with Crippen LogP contribution >= 0.6 is 11.8 Å². The van der Waals surface area contributed by atoms with Crippen LogP contribution in [0.15, 0.2) is 12.2 Å². The van der Waals surface area contributed by atoms with Crippen LogP contribution in [0.5, 0.6) is 0 Å². The lowest BCUT2D eigenvalue weighted by Gasteiger charge is -2.38. The van der Waals surface area contributed by atoms with Gasteiger partial charge in [-0.25, -0.2) is 4.79 Å². The molecule has 0 aromatic carbocycles. The molecule has 21 heavy (non-hydrogen) atoms. The van der Waals surface area contributed by atoms with Gasteiger partial charge in [0.2, 0.25) is 0 Å². The minimum Gasteiger partial charge on any atom is -0.374 e. The third-order valence-corrected chi connectivity index (χ3v) is 6.05. The van der Waals surface area contributed by atoms with Crippen molar-refractivity contribution in [1.82, 2.24) is 10.6 Å². The highest BCUT2D eigenvalue weighted by Gasteiger charge is 2.40. The number of urea groups is 1. The first-order valence-electron chi connectivity index (χ1n) is 8.17. The normalized spacial score (nSPS) is 35.8. The molecule has 4 nitrogen and oxygen atoms in total. The van der Waals surface area contributed by atoms with Gasteiger partial charge in [0.15, 0.2) is 0 Å². The summed E-state index contributed by atoms with van der Waals surface area (Å²) in [5, 5.41) is 6.20. The van der Waals surface area contributed by atoms with Crippen LogP contribution in [0.4, 0.5) is 4.79 Å². The number of carbonyl (C=O) groups excluding carboxylic acids is 1. The number of allylic oxidation sites excluding steroid dienone is 2. The summed E-state index contributed by atoms with van der Waals surface area (Å²) in [6.45, 7) is 1.57. The second-order valence-electron chi connectivity index (χ2n) is 6.53. The predicted octanol–water partition coefficient (Wildman–Crippen LogP) is 2.70. The number of thioether (sulfide) groups is 1. The fourth-order valence-corrected chi connectivity index (χ4v) is 4.91. The van der Waals surface area contributed by atoms with Gasteiger partial charge in [-0.05, 0) is 50.2 Å². The molecule has 1 aliphatic carbocycles. The van der Waals surface area contributed by atoms with Gasteiger partial charge in [-0.15, -0.1) is 0 Å². The van der Waals surface area contributed by atoms with E-state index in [9.17, 15) is 4.79 Å². The van der Waals surface area contributed by atoms with Gasteiger partial charge in [-0.2, -0.15) is 11.8 Å². The van der Waals surface area contributed by atoms with E-state index in [4.69, 9.17) is 4.74 Å². The zero-order valence-corrected chi connectivity index (χ0v) is 13.4. The quantitative estimate of drug-likeness (QED) is 0.788. The molecule has 2 saturated heterocycles. The van der Waals surface area contributed by atoms with Crippen molar-refractivity contribution in [2.75, 3.05) is 24.7 Å². The molecule has 0 radical (unpaired) electrons. The van der Waals surface area contributed by atoms with Crippen LogP contribution in [0.25, 0.3) is 0 Å². The first kappa shape index (κ1) is 15.2. The Morgan fingerprint density at radius 2 is 2.33 bits per heavy atom. The SMILES string of the molecule is O=C(NC[C@@H]1CC=CCC1)N[C@@H]1CCO[C@@]2(CCSC2)C1. The summed E-state index contributed by atoms with van der Waals surface area (Å²) >= 11 is 1.97. The monoisotopic (exact) mass is 310 g/mol. The van der Waals surface area contributed by atoms with E-state index >= 15 is 0 Å². The van der Waals surface area contributed by atoms with Gasteiger partial charge < -0.3 is 15.4 Å². The van der Waals surface area contributed by atoms with Crippen LogP contribution in [0.2, 0.25) is 0 Å². The minimum atomic E-state index is -0.00254. The van der Waals surface area contributed by atoms with E-state index in [0.29, 0.717) is 5.92 Å². The lowest BCUT2D eigenvalue weighted by molar-refractivity contribution is -0.0684. The van der Waals surface area contributed by atoms with Crippen molar-refractivity contribution in [2.24, 2.45) is 5.92 Å². The van der Waals surface area contributed by atoms with Gasteiger partial charge in [-0.1, -0.05) is 12.2 Å². The minimum absolute atomic E-state index is 0.00254. The molecule has 2 amide bonds. The maximum absolute atomic E-state index is 12.1. The van der Waals surface area contributed by atoms with E-state index in [1.54, 1.807) is 0 Å². The van der Waals surface area contributed by atoms with Crippen LogP contribution in [0.3, 0.4) is 0 Å². The summed E-state index contributed by atoms with van der Waals surface area (Å²) in [6, 6.07) is 0.265. The lowest BCUT2D eigenvalue weighted by Crippen LogP contribution is -2.51. The summed E-state index contributed by atoms with van der Waals surface area (Å²) in [5.74, 6) is 2.88. The Morgan fingerprint density at radius 3 is 3.10 bits per heavy atom. The van der Waals surface area contributed by atoms with Crippen molar-refractivity contribution in [3.8, 4) is 0 Å². The average Bonchev–Trinajstić information content (AvgIpc) is 2.94. The standard InChI is InChI=1S/C16H26N2O2S/c19-15(17-11-13-4-2-1-3-5-13)18-14-6-8-20-16(10-14)7-9-21-12-16/h1-2,13-14H,3-12H2,(H2,17,18,19)/t13-,14-,16+/m1/s1. The van der Waals surface area contributed by atoms with Gasteiger partial charge in [0, 0.05) is 24.9 Å². The first-order valence-corrected chi connectivity index (χ1v) is 9.32. The molecule has 3 rings (SSSR count). The molecule has 3 atom stereocenters. The van der Waals surface area contributed by atoms with Crippen LogP contribution < -0.4 is 10.6 Å². The van der Waals surface area contributed by atoms with E-state index < -0.39 is 0 Å². The maximum Gasteiger partial charge on any atom is 0.315 e. The Hall–Kier alpha value is -0.680. The molecule has 0 bridgehead atoms. The summed E-state index contributed by atoms with van der Waals surface area (Å²) in [6.07, 6.45) is 10.9. The van der Waals surface area contributed by atoms with E-state index in [0.717, 1.165) is 51.0 Å². The molecule has 0 aromatic heterocycles. The Balaban J connectivity index is 1.40. The zero-order valence-electron chi connectivity index (χ0n) is 12.6. The predicted molar refractivity (Wildman–Crippen MR) is 86.7 cm³/mol. The van der Waals surface area contributed by atoms with Crippen LogP contribution in [0.1, 0.15) is 38.5 Å². The summed E-state index contributed by atoms with van der Waals surface area (Å²) < 4.78 is 5.99. The van der Waals surface area contributed by atoms with Gasteiger partial charge in [-0.3, -0.25) is 0 Å². The lowest BCUT2D eigenvalue weighted by atomic mass is 9.90. The molecule has 2 heterocycles. The van der Waals surface area contributed by atoms with Crippen molar-refractivity contribution >= 4 is 17.8 Å². The third-order valence-electron chi connectivity index (χ3n) is 4.82. The molecule has 2 aliphatic heterocycles. The Kier molecular flexibility index (Phi) is 5.11. The molecule has 3 aliphatic rings. The third kappa shape index (κ3) is 4.16. The molecule has 2 fully saturated rings. The van der Waals surface area contributed by atoms with Gasteiger partial charge in [0.25, 0.3) is 0 Å². The Morgan fingerprint density at radius 1 is 1.38 bits per heavy atom. The molecule has 118 valence electrons. The van der Waals surface area contributed by atoms with E-state index in [-0.39, 0.29) is 17.7 Å². The van der Waals surface area contributed by atoms with Crippen LogP contribution in [0, 0.1) is 5.92 Å². The fraction of sp³-hybridized carbons (Fsp3) is 0.812. The smallest absolute Gasteiger partial charge is 0.315 e. The molecule has 0 saturated carbocycles. The number of ether oxygens (including phenoxy) is 1. The van der Waals surface area contributed by atoms with E-state index in [2.05, 4.69) is 22.8 Å². The molecule has 2 N–H and O–H groups in total. The Bertz CT molecular complexity index is 394. The van der Waals surface area contributed by atoms with E-state index in [1.165, 1.54) is 12.2 Å². The maximum atomic E-state index is 12.1. The second-order valence-corrected chi connectivity index (χ2v) is 7.63. The summed E-state index contributed by atoms with van der Waals surface area (Å²) in [7, 11) is 0. The highest BCUT2D eigenvalue weighted by molar-refractivity contribution is 7.99. The number of nitrogens with one attached hydrogen (secondary N) is 2. The van der Waals surface area contributed by atoms with Crippen LogP contribution in [-0.2, 0) is 4.74 Å². The van der Waals surface area contributed by atoms with Crippen molar-refractivity contribution in [3.63, 3.8) is 0 Å². The van der Waals surface area contributed by atoms with Gasteiger partial charge >= 0.3 is 6.03 Å².